The highest BCUT2D eigenvalue weighted by atomic mass is 35.5. The molecule has 1 atom stereocenters. The second kappa shape index (κ2) is 7.19. The average Bonchev–Trinajstić information content (AvgIpc) is 2.86. The summed E-state index contributed by atoms with van der Waals surface area (Å²) < 4.78 is 27.3. The molecule has 1 unspecified atom stereocenters. The Labute approximate surface area is 161 Å². The maximum absolute atomic E-state index is 14.0. The van der Waals surface area contributed by atoms with Crippen LogP contribution in [0.5, 0.6) is 0 Å². The molecule has 2 amide bonds. The van der Waals surface area contributed by atoms with Crippen LogP contribution < -0.4 is 15.5 Å². The van der Waals surface area contributed by atoms with Crippen molar-refractivity contribution in [3.63, 3.8) is 0 Å². The molecule has 2 aromatic carbocycles. The molecule has 1 aliphatic heterocycles. The van der Waals surface area contributed by atoms with Crippen LogP contribution >= 0.6 is 35.0 Å². The summed E-state index contributed by atoms with van der Waals surface area (Å²) in [7, 11) is 1.58. The van der Waals surface area contributed by atoms with Gasteiger partial charge in [0.25, 0.3) is 0 Å². The number of fused-ring (bicyclic) bond motifs is 1. The van der Waals surface area contributed by atoms with Gasteiger partial charge in [0.2, 0.25) is 0 Å². The number of nitrogens with zero attached hydrogens (tertiary/aromatic N) is 2. The predicted octanol–water partition coefficient (Wildman–Crippen LogP) is 4.79. The van der Waals surface area contributed by atoms with Crippen molar-refractivity contribution in [2.75, 3.05) is 17.3 Å². The molecule has 26 heavy (non-hydrogen) atoms. The van der Waals surface area contributed by atoms with Crippen LogP contribution in [-0.2, 0) is 0 Å². The van der Waals surface area contributed by atoms with Crippen molar-refractivity contribution >= 4 is 52.4 Å². The highest BCUT2D eigenvalue weighted by Gasteiger charge is 2.32. The number of rotatable bonds is 2. The molecule has 0 radical (unpaired) electrons. The zero-order chi connectivity index (χ0) is 19.0. The lowest BCUT2D eigenvalue weighted by atomic mass is 10.2. The van der Waals surface area contributed by atoms with Crippen molar-refractivity contribution in [2.24, 2.45) is 0 Å². The van der Waals surface area contributed by atoms with E-state index in [2.05, 4.69) is 10.6 Å². The third-order valence-corrected chi connectivity index (χ3v) is 5.42. The standard InChI is InChI=1S/C16H10Cl2F2N4OS/c1-24-14-11(20)4-8(19)5-12(14)26-16(24)23-15(25)22-13-9(17)2-7(6-21)3-10(13)18/h2-5,16H,1H3,(H2,22,23,25). The molecule has 1 heterocycles. The first-order chi connectivity index (χ1) is 12.3. The summed E-state index contributed by atoms with van der Waals surface area (Å²) in [6.45, 7) is 0. The maximum atomic E-state index is 14.0. The normalized spacial score (nSPS) is 15.4. The van der Waals surface area contributed by atoms with Crippen molar-refractivity contribution in [1.29, 1.82) is 5.26 Å². The fourth-order valence-electron chi connectivity index (χ4n) is 2.44. The summed E-state index contributed by atoms with van der Waals surface area (Å²) in [4.78, 5) is 14.1. The van der Waals surface area contributed by atoms with Crippen LogP contribution in [0.25, 0.3) is 0 Å². The van der Waals surface area contributed by atoms with Crippen LogP contribution in [0.1, 0.15) is 5.56 Å². The van der Waals surface area contributed by atoms with Gasteiger partial charge in [-0.3, -0.25) is 0 Å². The molecular formula is C16H10Cl2F2N4OS. The van der Waals surface area contributed by atoms with Crippen LogP contribution in [0.2, 0.25) is 10.0 Å². The molecule has 2 N–H and O–H groups in total. The van der Waals surface area contributed by atoms with Crippen molar-refractivity contribution in [3.05, 3.63) is 51.5 Å². The predicted molar refractivity (Wildman–Crippen MR) is 97.7 cm³/mol. The number of nitriles is 1. The monoisotopic (exact) mass is 414 g/mol. The molecule has 10 heteroatoms. The number of halogens is 4. The molecule has 1 aliphatic rings. The molecule has 0 aromatic heterocycles. The smallest absolute Gasteiger partial charge is 0.321 e. The van der Waals surface area contributed by atoms with Gasteiger partial charge in [-0.15, -0.1) is 0 Å². The van der Waals surface area contributed by atoms with Gasteiger partial charge in [0, 0.05) is 18.0 Å². The van der Waals surface area contributed by atoms with Gasteiger partial charge in [-0.25, -0.2) is 13.6 Å². The topological polar surface area (TPSA) is 68.2 Å². The Balaban J connectivity index is 1.74. The van der Waals surface area contributed by atoms with Crippen molar-refractivity contribution in [1.82, 2.24) is 5.32 Å². The van der Waals surface area contributed by atoms with Gasteiger partial charge in [-0.1, -0.05) is 35.0 Å². The highest BCUT2D eigenvalue weighted by molar-refractivity contribution is 8.00. The van der Waals surface area contributed by atoms with Crippen LogP contribution in [-0.4, -0.2) is 18.6 Å². The summed E-state index contributed by atoms with van der Waals surface area (Å²) in [5, 5.41) is 14.2. The molecule has 0 spiro atoms. The number of carbonyl (C=O) groups excluding carboxylic acids is 1. The largest absolute Gasteiger partial charge is 0.342 e. The summed E-state index contributed by atoms with van der Waals surface area (Å²) in [5.41, 5.74) is -0.0522. The van der Waals surface area contributed by atoms with E-state index in [0.717, 1.165) is 17.8 Å². The van der Waals surface area contributed by atoms with Gasteiger partial charge < -0.3 is 15.5 Å². The quantitative estimate of drug-likeness (QED) is 0.740. The Morgan fingerprint density at radius 2 is 1.92 bits per heavy atom. The number of hydrogen-bond donors (Lipinski definition) is 2. The molecule has 0 aliphatic carbocycles. The molecule has 0 saturated carbocycles. The van der Waals surface area contributed by atoms with Crippen LogP contribution in [0.4, 0.5) is 25.0 Å². The number of thioether (sulfide) groups is 1. The van der Waals surface area contributed by atoms with E-state index in [1.54, 1.807) is 7.05 Å². The average molecular weight is 415 g/mol. The Morgan fingerprint density at radius 1 is 1.27 bits per heavy atom. The van der Waals surface area contributed by atoms with Gasteiger partial charge in [0.15, 0.2) is 11.3 Å². The maximum Gasteiger partial charge on any atom is 0.321 e. The number of benzene rings is 2. The minimum Gasteiger partial charge on any atom is -0.342 e. The zero-order valence-corrected chi connectivity index (χ0v) is 15.4. The summed E-state index contributed by atoms with van der Waals surface area (Å²) in [5.74, 6) is -1.40. The molecule has 2 aromatic rings. The molecule has 3 rings (SSSR count). The Bertz CT molecular complexity index is 928. The summed E-state index contributed by atoms with van der Waals surface area (Å²) >= 11 is 13.1. The fourth-order valence-corrected chi connectivity index (χ4v) is 4.22. The second-order valence-electron chi connectivity index (χ2n) is 5.34. The number of amides is 2. The molecule has 0 fully saturated rings. The third kappa shape index (κ3) is 3.51. The number of hydrogen-bond acceptors (Lipinski definition) is 4. The number of nitrogens with one attached hydrogen (secondary N) is 2. The molecular weight excluding hydrogens is 405 g/mol. The van der Waals surface area contributed by atoms with Crippen molar-refractivity contribution in [3.8, 4) is 6.07 Å². The van der Waals surface area contributed by atoms with E-state index in [-0.39, 0.29) is 27.0 Å². The zero-order valence-electron chi connectivity index (χ0n) is 13.1. The first-order valence-electron chi connectivity index (χ1n) is 7.15. The Morgan fingerprint density at radius 3 is 2.54 bits per heavy atom. The SMILES string of the molecule is CN1c2c(F)cc(F)cc2SC1NC(=O)Nc1c(Cl)cc(C#N)cc1Cl. The van der Waals surface area contributed by atoms with Crippen LogP contribution in [0, 0.1) is 23.0 Å². The summed E-state index contributed by atoms with van der Waals surface area (Å²) in [6, 6.07) is 5.98. The third-order valence-electron chi connectivity index (χ3n) is 3.60. The van der Waals surface area contributed by atoms with Crippen LogP contribution in [0.3, 0.4) is 0 Å². The minimum atomic E-state index is -0.710. The van der Waals surface area contributed by atoms with E-state index in [1.165, 1.54) is 23.1 Å². The Kier molecular flexibility index (Phi) is 5.14. The second-order valence-corrected chi connectivity index (χ2v) is 7.28. The van der Waals surface area contributed by atoms with Crippen molar-refractivity contribution in [2.45, 2.75) is 10.4 Å². The van der Waals surface area contributed by atoms with E-state index < -0.39 is 23.2 Å². The van der Waals surface area contributed by atoms with E-state index in [9.17, 15) is 13.6 Å². The van der Waals surface area contributed by atoms with E-state index >= 15 is 0 Å². The Hall–Kier alpha value is -2.21. The van der Waals surface area contributed by atoms with Gasteiger partial charge in [-0.05, 0) is 18.2 Å². The molecule has 0 bridgehead atoms. The van der Waals surface area contributed by atoms with Gasteiger partial charge in [-0.2, -0.15) is 5.26 Å². The summed E-state index contributed by atoms with van der Waals surface area (Å²) in [6.07, 6.45) is 0. The van der Waals surface area contributed by atoms with E-state index in [1.807, 2.05) is 6.07 Å². The van der Waals surface area contributed by atoms with Gasteiger partial charge in [0.05, 0.1) is 33.1 Å². The molecule has 134 valence electrons. The van der Waals surface area contributed by atoms with Gasteiger partial charge in [0.1, 0.15) is 5.82 Å². The lowest BCUT2D eigenvalue weighted by Crippen LogP contribution is -2.44. The van der Waals surface area contributed by atoms with E-state index in [4.69, 9.17) is 28.5 Å². The lowest BCUT2D eigenvalue weighted by Gasteiger charge is -2.23. The van der Waals surface area contributed by atoms with Crippen LogP contribution in [0.15, 0.2) is 29.2 Å². The molecule has 5 nitrogen and oxygen atoms in total. The van der Waals surface area contributed by atoms with Gasteiger partial charge >= 0.3 is 6.03 Å². The lowest BCUT2D eigenvalue weighted by molar-refractivity contribution is 0.251. The first kappa shape index (κ1) is 18.6. The minimum absolute atomic E-state index is 0.105. The highest BCUT2D eigenvalue weighted by Crippen LogP contribution is 2.43. The number of anilines is 2. The number of urea groups is 1. The number of carbonyl (C=O) groups is 1. The molecule has 0 saturated heterocycles. The van der Waals surface area contributed by atoms with Crippen molar-refractivity contribution < 1.29 is 13.6 Å². The fraction of sp³-hybridized carbons (Fsp3) is 0.125. The van der Waals surface area contributed by atoms with E-state index in [0.29, 0.717) is 4.90 Å². The first-order valence-corrected chi connectivity index (χ1v) is 8.79.